The molecule has 0 saturated carbocycles. The topological polar surface area (TPSA) is 49.4 Å². The third-order valence-corrected chi connectivity index (χ3v) is 3.45. The second-order valence-electron chi connectivity index (χ2n) is 5.03. The van der Waals surface area contributed by atoms with Crippen LogP contribution in [0.5, 0.6) is 0 Å². The van der Waals surface area contributed by atoms with Crippen LogP contribution in [0.1, 0.15) is 32.3 Å². The van der Waals surface area contributed by atoms with Crippen LogP contribution >= 0.6 is 11.6 Å². The Morgan fingerprint density at radius 3 is 2.48 bits per heavy atom. The highest BCUT2D eigenvalue weighted by Crippen LogP contribution is 2.36. The number of anilines is 1. The Bertz CT molecular complexity index is 576. The molecule has 0 atom stereocenters. The first-order valence-corrected chi connectivity index (χ1v) is 7.45. The molecule has 0 unspecified atom stereocenters. The minimum Gasteiger partial charge on any atom is -0.334 e. The molecule has 0 radical (unpaired) electrons. The highest BCUT2D eigenvalue weighted by Gasteiger charge is 2.33. The molecule has 1 aromatic rings. The van der Waals surface area contributed by atoms with Crippen LogP contribution in [0, 0.1) is 0 Å². The molecule has 0 aliphatic heterocycles. The molecular formula is C15H18ClF3N2O2. The molecular weight excluding hydrogens is 333 g/mol. The normalized spacial score (nSPS) is 11.2. The summed E-state index contributed by atoms with van der Waals surface area (Å²) >= 11 is 5.51. The van der Waals surface area contributed by atoms with E-state index in [-0.39, 0.29) is 18.1 Å². The van der Waals surface area contributed by atoms with Gasteiger partial charge in [0.05, 0.1) is 17.1 Å². The molecule has 0 fully saturated rings. The van der Waals surface area contributed by atoms with Crippen molar-refractivity contribution >= 4 is 29.1 Å². The number of amides is 2. The van der Waals surface area contributed by atoms with Crippen molar-refractivity contribution in [3.05, 3.63) is 28.8 Å². The van der Waals surface area contributed by atoms with E-state index in [2.05, 4.69) is 5.32 Å². The number of nitrogens with one attached hydrogen (secondary N) is 1. The highest BCUT2D eigenvalue weighted by atomic mass is 35.5. The van der Waals surface area contributed by atoms with Gasteiger partial charge in [0.15, 0.2) is 0 Å². The molecule has 1 aromatic carbocycles. The maximum absolute atomic E-state index is 12.8. The summed E-state index contributed by atoms with van der Waals surface area (Å²) in [7, 11) is 0. The average Bonchev–Trinajstić information content (AvgIpc) is 2.44. The molecule has 128 valence electrons. The van der Waals surface area contributed by atoms with Crippen LogP contribution in [-0.4, -0.2) is 29.8 Å². The number of hydrogen-bond donors (Lipinski definition) is 1. The second kappa shape index (κ2) is 8.19. The van der Waals surface area contributed by atoms with Gasteiger partial charge < -0.3 is 10.2 Å². The molecule has 0 spiro atoms. The smallest absolute Gasteiger partial charge is 0.334 e. The van der Waals surface area contributed by atoms with Crippen molar-refractivity contribution in [3.63, 3.8) is 0 Å². The maximum atomic E-state index is 12.8. The summed E-state index contributed by atoms with van der Waals surface area (Å²) in [6, 6.07) is 3.11. The number of benzene rings is 1. The van der Waals surface area contributed by atoms with E-state index in [1.165, 1.54) is 17.9 Å². The van der Waals surface area contributed by atoms with E-state index in [9.17, 15) is 22.8 Å². The fourth-order valence-corrected chi connectivity index (χ4v) is 2.12. The van der Waals surface area contributed by atoms with E-state index < -0.39 is 22.7 Å². The average molecular weight is 351 g/mol. The largest absolute Gasteiger partial charge is 0.417 e. The van der Waals surface area contributed by atoms with Crippen LogP contribution in [0.4, 0.5) is 18.9 Å². The molecule has 2 amide bonds. The lowest BCUT2D eigenvalue weighted by atomic mass is 10.2. The van der Waals surface area contributed by atoms with Crippen molar-refractivity contribution in [2.75, 3.05) is 18.4 Å². The van der Waals surface area contributed by atoms with Crippen molar-refractivity contribution in [2.45, 2.75) is 32.9 Å². The SMILES string of the molecule is CCCCN(CC(=O)Nc1ccc(Cl)c(C(F)(F)F)c1)C(C)=O. The lowest BCUT2D eigenvalue weighted by molar-refractivity contribution is -0.137. The summed E-state index contributed by atoms with van der Waals surface area (Å²) in [6.45, 7) is 3.50. The Morgan fingerprint density at radius 2 is 1.96 bits per heavy atom. The van der Waals surface area contributed by atoms with Gasteiger partial charge in [0.1, 0.15) is 0 Å². The van der Waals surface area contributed by atoms with Gasteiger partial charge >= 0.3 is 6.18 Å². The zero-order valence-electron chi connectivity index (χ0n) is 12.8. The Hall–Kier alpha value is -1.76. The monoisotopic (exact) mass is 350 g/mol. The molecule has 8 heteroatoms. The van der Waals surface area contributed by atoms with Crippen molar-refractivity contribution in [2.24, 2.45) is 0 Å². The third-order valence-electron chi connectivity index (χ3n) is 3.12. The summed E-state index contributed by atoms with van der Waals surface area (Å²) in [5.74, 6) is -0.826. The van der Waals surface area contributed by atoms with Crippen LogP contribution in [0.25, 0.3) is 0 Å². The van der Waals surface area contributed by atoms with Gasteiger partial charge in [-0.25, -0.2) is 0 Å². The highest BCUT2D eigenvalue weighted by molar-refractivity contribution is 6.31. The molecule has 1 N–H and O–H groups in total. The number of rotatable bonds is 6. The molecule has 0 aliphatic carbocycles. The molecule has 0 aliphatic rings. The first-order valence-electron chi connectivity index (χ1n) is 7.07. The van der Waals surface area contributed by atoms with Gasteiger partial charge in [0.2, 0.25) is 11.8 Å². The summed E-state index contributed by atoms with van der Waals surface area (Å²) in [5.41, 5.74) is -1.04. The summed E-state index contributed by atoms with van der Waals surface area (Å²) in [6.07, 6.45) is -3.01. The molecule has 0 aromatic heterocycles. The van der Waals surface area contributed by atoms with Crippen molar-refractivity contribution in [1.29, 1.82) is 0 Å². The number of carbonyl (C=O) groups is 2. The van der Waals surface area contributed by atoms with Gasteiger partial charge in [-0.05, 0) is 24.6 Å². The van der Waals surface area contributed by atoms with Crippen LogP contribution in [0.3, 0.4) is 0 Å². The van der Waals surface area contributed by atoms with E-state index >= 15 is 0 Å². The number of alkyl halides is 3. The van der Waals surface area contributed by atoms with E-state index in [1.807, 2.05) is 6.92 Å². The minimum absolute atomic E-state index is 0.0225. The summed E-state index contributed by atoms with van der Waals surface area (Å²) in [5, 5.41) is 1.91. The fraction of sp³-hybridized carbons (Fsp3) is 0.467. The first-order chi connectivity index (χ1) is 10.6. The Labute approximate surface area is 137 Å². The Balaban J connectivity index is 2.79. The van der Waals surface area contributed by atoms with Gasteiger partial charge in [0.25, 0.3) is 0 Å². The van der Waals surface area contributed by atoms with Crippen molar-refractivity contribution in [3.8, 4) is 0 Å². The Kier molecular flexibility index (Phi) is 6.87. The molecule has 0 saturated heterocycles. The summed E-state index contributed by atoms with van der Waals surface area (Å²) in [4.78, 5) is 24.7. The minimum atomic E-state index is -4.61. The third kappa shape index (κ3) is 6.09. The number of hydrogen-bond acceptors (Lipinski definition) is 2. The number of halogens is 4. The number of nitrogens with zero attached hydrogens (tertiary/aromatic N) is 1. The van der Waals surface area contributed by atoms with Gasteiger partial charge in [0, 0.05) is 19.2 Å². The Morgan fingerprint density at radius 1 is 1.30 bits per heavy atom. The number of unbranched alkanes of at least 4 members (excludes halogenated alkanes) is 1. The first kappa shape index (κ1) is 19.3. The molecule has 23 heavy (non-hydrogen) atoms. The van der Waals surface area contributed by atoms with Gasteiger partial charge in [-0.15, -0.1) is 0 Å². The van der Waals surface area contributed by atoms with E-state index in [0.29, 0.717) is 6.54 Å². The molecule has 0 bridgehead atoms. The maximum Gasteiger partial charge on any atom is 0.417 e. The van der Waals surface area contributed by atoms with Crippen LogP contribution < -0.4 is 5.32 Å². The zero-order valence-corrected chi connectivity index (χ0v) is 13.6. The number of carbonyl (C=O) groups excluding carboxylic acids is 2. The molecule has 0 heterocycles. The summed E-state index contributed by atoms with van der Waals surface area (Å²) < 4.78 is 38.3. The predicted octanol–water partition coefficient (Wildman–Crippen LogP) is 3.95. The van der Waals surface area contributed by atoms with Crippen molar-refractivity contribution in [1.82, 2.24) is 4.90 Å². The fourth-order valence-electron chi connectivity index (χ4n) is 1.89. The van der Waals surface area contributed by atoms with Gasteiger partial charge in [-0.1, -0.05) is 24.9 Å². The van der Waals surface area contributed by atoms with E-state index in [4.69, 9.17) is 11.6 Å². The van der Waals surface area contributed by atoms with Gasteiger partial charge in [-0.2, -0.15) is 13.2 Å². The van der Waals surface area contributed by atoms with Crippen LogP contribution in [0.2, 0.25) is 5.02 Å². The second-order valence-corrected chi connectivity index (χ2v) is 5.44. The predicted molar refractivity (Wildman–Crippen MR) is 82.2 cm³/mol. The standard InChI is InChI=1S/C15H18ClF3N2O2/c1-3-4-7-21(10(2)22)9-14(23)20-11-5-6-13(16)12(8-11)15(17,18)19/h5-6,8H,3-4,7,9H2,1-2H3,(H,20,23). The van der Waals surface area contributed by atoms with Crippen molar-refractivity contribution < 1.29 is 22.8 Å². The molecule has 1 rings (SSSR count). The lowest BCUT2D eigenvalue weighted by Crippen LogP contribution is -2.37. The van der Waals surface area contributed by atoms with E-state index in [0.717, 1.165) is 25.0 Å². The lowest BCUT2D eigenvalue weighted by Gasteiger charge is -2.20. The zero-order chi connectivity index (χ0) is 17.6. The van der Waals surface area contributed by atoms with Gasteiger partial charge in [-0.3, -0.25) is 9.59 Å². The van der Waals surface area contributed by atoms with Crippen LogP contribution in [0.15, 0.2) is 18.2 Å². The van der Waals surface area contributed by atoms with Crippen LogP contribution in [-0.2, 0) is 15.8 Å². The van der Waals surface area contributed by atoms with E-state index in [1.54, 1.807) is 0 Å². The quantitative estimate of drug-likeness (QED) is 0.844. The molecule has 4 nitrogen and oxygen atoms in total.